The third-order valence-corrected chi connectivity index (χ3v) is 5.19. The fourth-order valence-corrected chi connectivity index (χ4v) is 4.18. The standard InChI is InChI=1S/C12H18BrNOS/c1-14-12(11-6-9(13)7-16-11)8-2-4-10(15)5-3-8/h6-8,10,12,14-15H,2-5H2,1H3. The number of hydrogen-bond donors (Lipinski definition) is 2. The van der Waals surface area contributed by atoms with Gasteiger partial charge < -0.3 is 10.4 Å². The molecule has 1 saturated carbocycles. The van der Waals surface area contributed by atoms with E-state index < -0.39 is 0 Å². The first-order valence-electron chi connectivity index (χ1n) is 5.80. The normalized spacial score (nSPS) is 27.9. The van der Waals surface area contributed by atoms with E-state index in [2.05, 4.69) is 32.7 Å². The number of aliphatic hydroxyl groups excluding tert-OH is 1. The van der Waals surface area contributed by atoms with Gasteiger partial charge in [0.05, 0.1) is 6.10 Å². The molecule has 4 heteroatoms. The number of rotatable bonds is 3. The third-order valence-electron chi connectivity index (χ3n) is 3.42. The lowest BCUT2D eigenvalue weighted by molar-refractivity contribution is 0.0985. The Balaban J connectivity index is 2.05. The second-order valence-electron chi connectivity index (χ2n) is 4.50. The van der Waals surface area contributed by atoms with Gasteiger partial charge in [-0.2, -0.15) is 0 Å². The highest BCUT2D eigenvalue weighted by Gasteiger charge is 2.27. The van der Waals surface area contributed by atoms with Gasteiger partial charge in [0.2, 0.25) is 0 Å². The van der Waals surface area contributed by atoms with Crippen LogP contribution in [0.2, 0.25) is 0 Å². The molecule has 1 atom stereocenters. The summed E-state index contributed by atoms with van der Waals surface area (Å²) in [4.78, 5) is 1.40. The Morgan fingerprint density at radius 2 is 2.12 bits per heavy atom. The van der Waals surface area contributed by atoms with Gasteiger partial charge in [0.15, 0.2) is 0 Å². The quantitative estimate of drug-likeness (QED) is 0.898. The van der Waals surface area contributed by atoms with E-state index in [-0.39, 0.29) is 6.10 Å². The molecule has 1 aromatic rings. The summed E-state index contributed by atoms with van der Waals surface area (Å²) in [5, 5.41) is 15.1. The molecule has 2 rings (SSSR count). The van der Waals surface area contributed by atoms with E-state index in [1.54, 1.807) is 11.3 Å². The maximum Gasteiger partial charge on any atom is 0.0540 e. The van der Waals surface area contributed by atoms with Crippen molar-refractivity contribution in [2.75, 3.05) is 7.05 Å². The summed E-state index contributed by atoms with van der Waals surface area (Å²) < 4.78 is 1.17. The average Bonchev–Trinajstić information content (AvgIpc) is 2.69. The molecule has 0 bridgehead atoms. The lowest BCUT2D eigenvalue weighted by atomic mass is 9.82. The summed E-state index contributed by atoms with van der Waals surface area (Å²) in [5.74, 6) is 0.666. The smallest absolute Gasteiger partial charge is 0.0540 e. The molecule has 2 nitrogen and oxygen atoms in total. The zero-order chi connectivity index (χ0) is 11.5. The van der Waals surface area contributed by atoms with Crippen molar-refractivity contribution in [2.24, 2.45) is 5.92 Å². The highest BCUT2D eigenvalue weighted by atomic mass is 79.9. The van der Waals surface area contributed by atoms with E-state index in [0.29, 0.717) is 12.0 Å². The van der Waals surface area contributed by atoms with E-state index in [9.17, 15) is 5.11 Å². The van der Waals surface area contributed by atoms with Crippen LogP contribution in [0.4, 0.5) is 0 Å². The lowest BCUT2D eigenvalue weighted by Crippen LogP contribution is -2.29. The molecule has 0 radical (unpaired) electrons. The Bertz CT molecular complexity index is 334. The van der Waals surface area contributed by atoms with Gasteiger partial charge in [-0.1, -0.05) is 0 Å². The molecule has 1 aromatic heterocycles. The molecule has 1 unspecified atom stereocenters. The molecular weight excluding hydrogens is 286 g/mol. The van der Waals surface area contributed by atoms with Gasteiger partial charge in [-0.3, -0.25) is 0 Å². The first-order valence-corrected chi connectivity index (χ1v) is 7.47. The SMILES string of the molecule is CNC(c1cc(Br)cs1)C1CCC(O)CC1. The molecule has 0 amide bonds. The van der Waals surface area contributed by atoms with Crippen molar-refractivity contribution in [3.8, 4) is 0 Å². The monoisotopic (exact) mass is 303 g/mol. The molecule has 90 valence electrons. The number of halogens is 1. The van der Waals surface area contributed by atoms with Crippen LogP contribution in [0, 0.1) is 5.92 Å². The van der Waals surface area contributed by atoms with Gasteiger partial charge in [0.1, 0.15) is 0 Å². The first-order chi connectivity index (χ1) is 7.70. The van der Waals surface area contributed by atoms with Gasteiger partial charge >= 0.3 is 0 Å². The number of hydrogen-bond acceptors (Lipinski definition) is 3. The number of nitrogens with one attached hydrogen (secondary N) is 1. The minimum atomic E-state index is -0.0659. The summed E-state index contributed by atoms with van der Waals surface area (Å²) >= 11 is 5.31. The van der Waals surface area contributed by atoms with Crippen molar-refractivity contribution in [2.45, 2.75) is 37.8 Å². The molecule has 0 saturated heterocycles. The molecule has 1 aliphatic carbocycles. The van der Waals surface area contributed by atoms with Gasteiger partial charge in [-0.25, -0.2) is 0 Å². The fourth-order valence-electron chi connectivity index (χ4n) is 2.54. The second-order valence-corrected chi connectivity index (χ2v) is 6.36. The largest absolute Gasteiger partial charge is 0.393 e. The molecule has 16 heavy (non-hydrogen) atoms. The maximum absolute atomic E-state index is 9.53. The second kappa shape index (κ2) is 5.63. The Kier molecular flexibility index (Phi) is 4.41. The van der Waals surface area contributed by atoms with E-state index in [1.807, 2.05) is 7.05 Å². The van der Waals surface area contributed by atoms with Crippen LogP contribution in [-0.4, -0.2) is 18.3 Å². The van der Waals surface area contributed by atoms with E-state index in [1.165, 1.54) is 9.35 Å². The van der Waals surface area contributed by atoms with Crippen LogP contribution in [0.1, 0.15) is 36.6 Å². The van der Waals surface area contributed by atoms with Crippen molar-refractivity contribution >= 4 is 27.3 Å². The Hall–Kier alpha value is 0.1000. The molecule has 0 aromatic carbocycles. The summed E-state index contributed by atoms with van der Waals surface area (Å²) in [5.41, 5.74) is 0. The summed E-state index contributed by atoms with van der Waals surface area (Å²) in [7, 11) is 2.03. The first kappa shape index (κ1) is 12.6. The van der Waals surface area contributed by atoms with Crippen molar-refractivity contribution in [3.63, 3.8) is 0 Å². The lowest BCUT2D eigenvalue weighted by Gasteiger charge is -2.31. The van der Waals surface area contributed by atoms with Crippen LogP contribution < -0.4 is 5.32 Å². The van der Waals surface area contributed by atoms with Crippen molar-refractivity contribution in [1.82, 2.24) is 5.32 Å². The Morgan fingerprint density at radius 3 is 2.62 bits per heavy atom. The maximum atomic E-state index is 9.53. The van der Waals surface area contributed by atoms with Crippen LogP contribution in [0.5, 0.6) is 0 Å². The minimum Gasteiger partial charge on any atom is -0.393 e. The molecule has 1 heterocycles. The van der Waals surface area contributed by atoms with Gasteiger partial charge in [-0.15, -0.1) is 11.3 Å². The molecule has 1 aliphatic rings. The van der Waals surface area contributed by atoms with E-state index in [4.69, 9.17) is 0 Å². The molecular formula is C12H18BrNOS. The highest BCUT2D eigenvalue weighted by molar-refractivity contribution is 9.10. The molecule has 1 fully saturated rings. The van der Waals surface area contributed by atoms with Crippen molar-refractivity contribution < 1.29 is 5.11 Å². The summed E-state index contributed by atoms with van der Waals surface area (Å²) in [6, 6.07) is 2.65. The third kappa shape index (κ3) is 2.86. The van der Waals surface area contributed by atoms with Gasteiger partial charge in [-0.05, 0) is 60.6 Å². The fraction of sp³-hybridized carbons (Fsp3) is 0.667. The van der Waals surface area contributed by atoms with E-state index in [0.717, 1.165) is 25.7 Å². The van der Waals surface area contributed by atoms with Crippen LogP contribution >= 0.6 is 27.3 Å². The topological polar surface area (TPSA) is 32.3 Å². The highest BCUT2D eigenvalue weighted by Crippen LogP contribution is 2.37. The van der Waals surface area contributed by atoms with Gasteiger partial charge in [0.25, 0.3) is 0 Å². The van der Waals surface area contributed by atoms with E-state index >= 15 is 0 Å². The summed E-state index contributed by atoms with van der Waals surface area (Å²) in [6.07, 6.45) is 4.10. The molecule has 0 spiro atoms. The predicted molar refractivity (Wildman–Crippen MR) is 71.8 cm³/mol. The van der Waals surface area contributed by atoms with Crippen LogP contribution in [0.25, 0.3) is 0 Å². The number of thiophene rings is 1. The zero-order valence-electron chi connectivity index (χ0n) is 9.45. The van der Waals surface area contributed by atoms with Crippen LogP contribution in [0.15, 0.2) is 15.9 Å². The Morgan fingerprint density at radius 1 is 1.44 bits per heavy atom. The summed E-state index contributed by atoms with van der Waals surface area (Å²) in [6.45, 7) is 0. The van der Waals surface area contributed by atoms with Crippen molar-refractivity contribution in [1.29, 1.82) is 0 Å². The average molecular weight is 304 g/mol. The van der Waals surface area contributed by atoms with Crippen LogP contribution in [-0.2, 0) is 0 Å². The molecule has 0 aliphatic heterocycles. The van der Waals surface area contributed by atoms with Crippen molar-refractivity contribution in [3.05, 3.63) is 20.8 Å². The number of aliphatic hydroxyl groups is 1. The van der Waals surface area contributed by atoms with Crippen LogP contribution in [0.3, 0.4) is 0 Å². The zero-order valence-corrected chi connectivity index (χ0v) is 11.9. The minimum absolute atomic E-state index is 0.0659. The van der Waals surface area contributed by atoms with Gasteiger partial charge in [0, 0.05) is 20.8 Å². The predicted octanol–water partition coefficient (Wildman–Crippen LogP) is 3.32. The Labute approximate surface area is 109 Å². The molecule has 2 N–H and O–H groups in total.